The van der Waals surface area contributed by atoms with Crippen LogP contribution >= 0.6 is 15.6 Å². The maximum absolute atomic E-state index is 13.0. The van der Waals surface area contributed by atoms with E-state index in [9.17, 15) is 43.2 Å². The lowest BCUT2D eigenvalue weighted by Gasteiger charge is -2.21. The SMILES string of the molecule is CCCCCCCCCCCCCCCCCCCC(=O)O[C@H](COC(=O)CCCCCCCCCCCCCCCC)COP(=O)(O)OC[C@@H](O)COP(=O)(O)OC[C@@H](COC(=O)CCCCCCCCCC)OC(=O)CCCCCCCCCCCCC. The summed E-state index contributed by atoms with van der Waals surface area (Å²) in [6.07, 6.45) is 54.0. The van der Waals surface area contributed by atoms with Crippen molar-refractivity contribution in [2.45, 2.75) is 393 Å². The molecule has 534 valence electrons. The van der Waals surface area contributed by atoms with Crippen molar-refractivity contribution < 1.29 is 80.2 Å². The predicted molar refractivity (Wildman–Crippen MR) is 363 cm³/mol. The van der Waals surface area contributed by atoms with E-state index >= 15 is 0 Å². The summed E-state index contributed by atoms with van der Waals surface area (Å²) in [7, 11) is -9.89. The first-order valence-corrected chi connectivity index (χ1v) is 40.3. The van der Waals surface area contributed by atoms with Crippen LogP contribution in [0.1, 0.15) is 374 Å². The average Bonchev–Trinajstić information content (AvgIpc) is 3.59. The van der Waals surface area contributed by atoms with Crippen LogP contribution in [-0.2, 0) is 65.4 Å². The molecule has 5 atom stereocenters. The Morgan fingerprint density at radius 3 is 0.656 bits per heavy atom. The average molecular weight is 1330 g/mol. The lowest BCUT2D eigenvalue weighted by molar-refractivity contribution is -0.161. The molecule has 0 spiro atoms. The monoisotopic (exact) mass is 1320 g/mol. The van der Waals surface area contributed by atoms with E-state index in [1.165, 1.54) is 199 Å². The van der Waals surface area contributed by atoms with Crippen LogP contribution in [0.4, 0.5) is 0 Å². The van der Waals surface area contributed by atoms with Gasteiger partial charge in [0.2, 0.25) is 0 Å². The largest absolute Gasteiger partial charge is 0.472 e. The molecule has 0 aliphatic heterocycles. The third-order valence-electron chi connectivity index (χ3n) is 16.6. The Morgan fingerprint density at radius 2 is 0.444 bits per heavy atom. The molecule has 17 nitrogen and oxygen atoms in total. The highest BCUT2D eigenvalue weighted by atomic mass is 31.2. The van der Waals surface area contributed by atoms with Crippen molar-refractivity contribution in [1.29, 1.82) is 0 Å². The molecule has 0 aromatic carbocycles. The molecule has 0 aromatic rings. The van der Waals surface area contributed by atoms with Crippen molar-refractivity contribution in [3.05, 3.63) is 0 Å². The molecule has 0 fully saturated rings. The summed E-state index contributed by atoms with van der Waals surface area (Å²) < 4.78 is 68.3. The molecule has 0 saturated carbocycles. The molecule has 0 amide bonds. The second kappa shape index (κ2) is 65.7. The van der Waals surface area contributed by atoms with Gasteiger partial charge in [-0.25, -0.2) is 9.13 Å². The minimum Gasteiger partial charge on any atom is -0.462 e. The fraction of sp³-hybridized carbons (Fsp3) is 0.944. The number of unbranched alkanes of at least 4 members (excludes halogenated alkanes) is 46. The van der Waals surface area contributed by atoms with Crippen LogP contribution in [0, 0.1) is 0 Å². The highest BCUT2D eigenvalue weighted by Gasteiger charge is 2.30. The van der Waals surface area contributed by atoms with E-state index in [1.54, 1.807) is 0 Å². The number of phosphoric ester groups is 2. The van der Waals surface area contributed by atoms with E-state index in [4.69, 9.17) is 37.0 Å². The molecule has 0 radical (unpaired) electrons. The van der Waals surface area contributed by atoms with Gasteiger partial charge in [-0.05, 0) is 25.7 Å². The van der Waals surface area contributed by atoms with Gasteiger partial charge < -0.3 is 33.8 Å². The molecule has 0 aromatic heterocycles. The topological polar surface area (TPSA) is 237 Å². The molecule has 0 bridgehead atoms. The highest BCUT2D eigenvalue weighted by molar-refractivity contribution is 7.47. The van der Waals surface area contributed by atoms with Gasteiger partial charge in [-0.1, -0.05) is 323 Å². The maximum Gasteiger partial charge on any atom is 0.472 e. The maximum atomic E-state index is 13.0. The van der Waals surface area contributed by atoms with E-state index in [-0.39, 0.29) is 25.7 Å². The summed E-state index contributed by atoms with van der Waals surface area (Å²) in [6.45, 7) is 4.93. The van der Waals surface area contributed by atoms with Gasteiger partial charge in [-0.15, -0.1) is 0 Å². The predicted octanol–water partition coefficient (Wildman–Crippen LogP) is 20.7. The summed E-state index contributed by atoms with van der Waals surface area (Å²) in [4.78, 5) is 72.5. The van der Waals surface area contributed by atoms with Gasteiger partial charge in [0.15, 0.2) is 12.2 Å². The Morgan fingerprint density at radius 1 is 0.267 bits per heavy atom. The minimum absolute atomic E-state index is 0.107. The van der Waals surface area contributed by atoms with E-state index in [2.05, 4.69) is 27.7 Å². The van der Waals surface area contributed by atoms with E-state index in [0.29, 0.717) is 25.7 Å². The van der Waals surface area contributed by atoms with Crippen LogP contribution in [0.15, 0.2) is 0 Å². The first-order chi connectivity index (χ1) is 43.7. The van der Waals surface area contributed by atoms with E-state index < -0.39 is 97.5 Å². The Balaban J connectivity index is 5.21. The van der Waals surface area contributed by atoms with Crippen LogP contribution in [0.5, 0.6) is 0 Å². The Bertz CT molecular complexity index is 1720. The number of aliphatic hydroxyl groups is 1. The van der Waals surface area contributed by atoms with Gasteiger partial charge in [-0.3, -0.25) is 37.3 Å². The third-order valence-corrected chi connectivity index (χ3v) is 18.5. The zero-order valence-electron chi connectivity index (χ0n) is 58.1. The molecular weight excluding hydrogens is 1190 g/mol. The number of phosphoric acid groups is 2. The third kappa shape index (κ3) is 64.8. The van der Waals surface area contributed by atoms with Crippen LogP contribution in [0.3, 0.4) is 0 Å². The van der Waals surface area contributed by atoms with Crippen LogP contribution in [0.25, 0.3) is 0 Å². The quantitative estimate of drug-likeness (QED) is 0.0222. The standard InChI is InChI=1S/C71H138O17P2/c1-5-9-13-17-21-25-28-30-32-33-34-36-39-42-46-50-54-58-71(76)88-67(62-82-69(74)56-52-48-44-40-38-35-31-29-26-22-18-14-10-6-2)64-86-90(79,80)84-60-65(72)59-83-89(77,78)85-63-66(61-81-68(73)55-51-47-43-24-20-16-12-8-4)87-70(75)57-53-49-45-41-37-27-23-19-15-11-7-3/h65-67,72H,5-64H2,1-4H3,(H,77,78)(H,79,80)/t65-,66+,67+/m0/s1. The minimum atomic E-state index is -4.95. The van der Waals surface area contributed by atoms with Crippen molar-refractivity contribution in [2.75, 3.05) is 39.6 Å². The zero-order chi connectivity index (χ0) is 66.1. The molecule has 0 aliphatic rings. The number of ether oxygens (including phenoxy) is 4. The molecule has 0 saturated heterocycles. The normalized spacial score (nSPS) is 14.0. The van der Waals surface area contributed by atoms with Crippen LogP contribution in [-0.4, -0.2) is 96.7 Å². The number of hydrogen-bond donors (Lipinski definition) is 3. The molecule has 0 rings (SSSR count). The van der Waals surface area contributed by atoms with Crippen molar-refractivity contribution in [1.82, 2.24) is 0 Å². The Labute approximate surface area is 549 Å². The van der Waals surface area contributed by atoms with Gasteiger partial charge in [0.25, 0.3) is 0 Å². The number of aliphatic hydroxyl groups excluding tert-OH is 1. The number of hydrogen-bond acceptors (Lipinski definition) is 15. The zero-order valence-corrected chi connectivity index (χ0v) is 59.9. The molecule has 2 unspecified atom stereocenters. The van der Waals surface area contributed by atoms with Gasteiger partial charge in [0.1, 0.15) is 19.3 Å². The lowest BCUT2D eigenvalue weighted by atomic mass is 10.0. The summed E-state index contributed by atoms with van der Waals surface area (Å²) in [5, 5.41) is 10.6. The second-order valence-electron chi connectivity index (χ2n) is 25.6. The van der Waals surface area contributed by atoms with Crippen molar-refractivity contribution >= 4 is 39.5 Å². The first-order valence-electron chi connectivity index (χ1n) is 37.3. The van der Waals surface area contributed by atoms with Crippen molar-refractivity contribution in [3.8, 4) is 0 Å². The van der Waals surface area contributed by atoms with Crippen molar-refractivity contribution in [2.24, 2.45) is 0 Å². The Kier molecular flexibility index (Phi) is 64.3. The molecule has 0 heterocycles. The smallest absolute Gasteiger partial charge is 0.462 e. The fourth-order valence-electron chi connectivity index (χ4n) is 10.9. The number of esters is 4. The molecule has 90 heavy (non-hydrogen) atoms. The van der Waals surface area contributed by atoms with Gasteiger partial charge >= 0.3 is 39.5 Å². The summed E-state index contributed by atoms with van der Waals surface area (Å²) in [6, 6.07) is 0. The van der Waals surface area contributed by atoms with Crippen molar-refractivity contribution in [3.63, 3.8) is 0 Å². The highest BCUT2D eigenvalue weighted by Crippen LogP contribution is 2.45. The van der Waals surface area contributed by atoms with Gasteiger partial charge in [0.05, 0.1) is 26.4 Å². The Hall–Kier alpha value is -1.94. The molecular formula is C71H138O17P2. The summed E-state index contributed by atoms with van der Waals surface area (Å²) in [5.41, 5.74) is 0. The van der Waals surface area contributed by atoms with E-state index in [0.717, 1.165) is 96.3 Å². The first kappa shape index (κ1) is 88.1. The second-order valence-corrected chi connectivity index (χ2v) is 28.5. The number of carbonyl (C=O) groups is 4. The van der Waals surface area contributed by atoms with Crippen LogP contribution < -0.4 is 0 Å². The van der Waals surface area contributed by atoms with Crippen LogP contribution in [0.2, 0.25) is 0 Å². The molecule has 0 aliphatic carbocycles. The summed E-state index contributed by atoms with van der Waals surface area (Å²) >= 11 is 0. The van der Waals surface area contributed by atoms with E-state index in [1.807, 2.05) is 0 Å². The number of carbonyl (C=O) groups excluding carboxylic acids is 4. The molecule has 3 N–H and O–H groups in total. The summed E-state index contributed by atoms with van der Waals surface area (Å²) in [5.74, 6) is -2.12. The lowest BCUT2D eigenvalue weighted by Crippen LogP contribution is -2.30. The molecule has 19 heteroatoms. The van der Waals surface area contributed by atoms with Gasteiger partial charge in [-0.2, -0.15) is 0 Å². The number of rotatable bonds is 72. The fourth-order valence-corrected chi connectivity index (χ4v) is 12.4. The van der Waals surface area contributed by atoms with Gasteiger partial charge in [0, 0.05) is 25.7 Å².